The lowest BCUT2D eigenvalue weighted by atomic mass is 9.98. The maximum atomic E-state index is 10.2. The summed E-state index contributed by atoms with van der Waals surface area (Å²) < 4.78 is 2.14. The Morgan fingerprint density at radius 2 is 1.59 bits per heavy atom. The Kier molecular flexibility index (Phi) is 2.73. The molecular formula is C20H17NO. The minimum absolute atomic E-state index is 0.300. The largest absolute Gasteiger partial charge is 0.508 e. The summed E-state index contributed by atoms with van der Waals surface area (Å²) in [5.74, 6) is 0.300. The molecule has 0 fully saturated rings. The number of phenols is 1. The SMILES string of the molecule is Cc1ccc(-c2cc(O)cc3c2c2ccccc2n3C)cc1. The van der Waals surface area contributed by atoms with Crippen LogP contribution in [0.2, 0.25) is 0 Å². The molecule has 1 aromatic heterocycles. The second-order valence-corrected chi connectivity index (χ2v) is 5.83. The van der Waals surface area contributed by atoms with E-state index in [1.165, 1.54) is 21.9 Å². The number of phenolic OH excluding ortho intramolecular Hbond substituents is 1. The number of aryl methyl sites for hydroxylation is 2. The molecule has 0 atom stereocenters. The van der Waals surface area contributed by atoms with E-state index in [4.69, 9.17) is 0 Å². The molecule has 0 unspecified atom stereocenters. The molecule has 4 rings (SSSR count). The van der Waals surface area contributed by atoms with Gasteiger partial charge in [-0.1, -0.05) is 48.0 Å². The normalized spacial score (nSPS) is 11.4. The highest BCUT2D eigenvalue weighted by atomic mass is 16.3. The van der Waals surface area contributed by atoms with Gasteiger partial charge < -0.3 is 9.67 Å². The van der Waals surface area contributed by atoms with Crippen LogP contribution >= 0.6 is 0 Å². The molecule has 3 aromatic carbocycles. The zero-order valence-electron chi connectivity index (χ0n) is 12.7. The second kappa shape index (κ2) is 4.63. The summed E-state index contributed by atoms with van der Waals surface area (Å²) >= 11 is 0. The molecule has 2 heteroatoms. The number of hydrogen-bond donors (Lipinski definition) is 1. The van der Waals surface area contributed by atoms with E-state index in [0.717, 1.165) is 16.6 Å². The van der Waals surface area contributed by atoms with Gasteiger partial charge in [-0.05, 0) is 30.2 Å². The summed E-state index contributed by atoms with van der Waals surface area (Å²) in [6, 6.07) is 20.5. The van der Waals surface area contributed by atoms with Gasteiger partial charge in [0.25, 0.3) is 0 Å². The minimum atomic E-state index is 0.300. The topological polar surface area (TPSA) is 25.2 Å². The Hall–Kier alpha value is -2.74. The first kappa shape index (κ1) is 13.0. The highest BCUT2D eigenvalue weighted by molar-refractivity contribution is 6.15. The zero-order valence-corrected chi connectivity index (χ0v) is 12.7. The van der Waals surface area contributed by atoms with Gasteiger partial charge in [-0.3, -0.25) is 0 Å². The molecule has 0 amide bonds. The van der Waals surface area contributed by atoms with E-state index in [0.29, 0.717) is 5.75 Å². The van der Waals surface area contributed by atoms with Gasteiger partial charge >= 0.3 is 0 Å². The lowest BCUT2D eigenvalue weighted by Crippen LogP contribution is -1.87. The molecular weight excluding hydrogens is 270 g/mol. The maximum absolute atomic E-state index is 10.2. The van der Waals surface area contributed by atoms with E-state index >= 15 is 0 Å². The predicted molar refractivity (Wildman–Crippen MR) is 92.3 cm³/mol. The van der Waals surface area contributed by atoms with Crippen LogP contribution in [0.1, 0.15) is 5.56 Å². The van der Waals surface area contributed by atoms with E-state index in [1.54, 1.807) is 0 Å². The van der Waals surface area contributed by atoms with Gasteiger partial charge in [0.15, 0.2) is 0 Å². The van der Waals surface area contributed by atoms with Crippen LogP contribution in [0.4, 0.5) is 0 Å². The van der Waals surface area contributed by atoms with E-state index in [1.807, 2.05) is 25.2 Å². The van der Waals surface area contributed by atoms with Crippen molar-refractivity contribution in [3.63, 3.8) is 0 Å². The highest BCUT2D eigenvalue weighted by Crippen LogP contribution is 2.38. The van der Waals surface area contributed by atoms with Crippen LogP contribution < -0.4 is 0 Å². The first-order valence-electron chi connectivity index (χ1n) is 7.42. The number of benzene rings is 3. The van der Waals surface area contributed by atoms with Crippen molar-refractivity contribution in [2.45, 2.75) is 6.92 Å². The van der Waals surface area contributed by atoms with Crippen LogP contribution in [0.15, 0.2) is 60.7 Å². The fourth-order valence-electron chi connectivity index (χ4n) is 3.23. The van der Waals surface area contributed by atoms with Gasteiger partial charge in [-0.25, -0.2) is 0 Å². The van der Waals surface area contributed by atoms with Crippen LogP contribution in [-0.2, 0) is 7.05 Å². The fraction of sp³-hybridized carbons (Fsp3) is 0.100. The number of fused-ring (bicyclic) bond motifs is 3. The van der Waals surface area contributed by atoms with Gasteiger partial charge in [-0.2, -0.15) is 0 Å². The Morgan fingerprint density at radius 1 is 0.864 bits per heavy atom. The Bertz CT molecular complexity index is 994. The molecule has 0 radical (unpaired) electrons. The van der Waals surface area contributed by atoms with Gasteiger partial charge in [-0.15, -0.1) is 0 Å². The summed E-state index contributed by atoms with van der Waals surface area (Å²) in [5.41, 5.74) is 5.67. The molecule has 0 bridgehead atoms. The Morgan fingerprint density at radius 3 is 2.36 bits per heavy atom. The van der Waals surface area contributed by atoms with Crippen LogP contribution in [0.25, 0.3) is 32.9 Å². The standard InChI is InChI=1S/C20H17NO/c1-13-7-9-14(10-8-13)17-11-15(22)12-19-20(17)16-5-3-4-6-18(16)21(19)2/h3-12,22H,1-2H3. The summed E-state index contributed by atoms with van der Waals surface area (Å²) in [6.07, 6.45) is 0. The molecule has 22 heavy (non-hydrogen) atoms. The number of aromatic hydroxyl groups is 1. The average Bonchev–Trinajstić information content (AvgIpc) is 2.81. The number of hydrogen-bond acceptors (Lipinski definition) is 1. The van der Waals surface area contributed by atoms with E-state index in [2.05, 4.69) is 54.0 Å². The zero-order chi connectivity index (χ0) is 15.3. The fourth-order valence-corrected chi connectivity index (χ4v) is 3.23. The van der Waals surface area contributed by atoms with Crippen molar-refractivity contribution in [1.29, 1.82) is 0 Å². The minimum Gasteiger partial charge on any atom is -0.508 e. The van der Waals surface area contributed by atoms with Crippen LogP contribution in [0, 0.1) is 6.92 Å². The third-order valence-electron chi connectivity index (χ3n) is 4.36. The van der Waals surface area contributed by atoms with Crippen LogP contribution in [0.3, 0.4) is 0 Å². The second-order valence-electron chi connectivity index (χ2n) is 5.83. The van der Waals surface area contributed by atoms with Gasteiger partial charge in [0.1, 0.15) is 5.75 Å². The number of aromatic nitrogens is 1. The van der Waals surface area contributed by atoms with Crippen molar-refractivity contribution < 1.29 is 5.11 Å². The van der Waals surface area contributed by atoms with E-state index < -0.39 is 0 Å². The number of nitrogens with zero attached hydrogens (tertiary/aromatic N) is 1. The Balaban J connectivity index is 2.18. The lowest BCUT2D eigenvalue weighted by molar-refractivity contribution is 0.476. The number of rotatable bonds is 1. The molecule has 0 saturated heterocycles. The molecule has 0 saturated carbocycles. The maximum Gasteiger partial charge on any atom is 0.118 e. The first-order chi connectivity index (χ1) is 10.6. The molecule has 0 aliphatic rings. The molecule has 2 nitrogen and oxygen atoms in total. The van der Waals surface area contributed by atoms with Crippen molar-refractivity contribution in [3.05, 3.63) is 66.2 Å². The predicted octanol–water partition coefficient (Wildman–Crippen LogP) is 5.01. The highest BCUT2D eigenvalue weighted by Gasteiger charge is 2.14. The van der Waals surface area contributed by atoms with Crippen LogP contribution in [0.5, 0.6) is 5.75 Å². The average molecular weight is 287 g/mol. The molecule has 1 N–H and O–H groups in total. The van der Waals surface area contributed by atoms with Crippen molar-refractivity contribution in [2.24, 2.45) is 7.05 Å². The molecule has 4 aromatic rings. The lowest BCUT2D eigenvalue weighted by Gasteiger charge is -2.07. The number of para-hydroxylation sites is 1. The van der Waals surface area contributed by atoms with Crippen molar-refractivity contribution in [3.8, 4) is 16.9 Å². The smallest absolute Gasteiger partial charge is 0.118 e. The first-order valence-corrected chi connectivity index (χ1v) is 7.42. The quantitative estimate of drug-likeness (QED) is 0.523. The van der Waals surface area contributed by atoms with Crippen molar-refractivity contribution >= 4 is 21.8 Å². The monoisotopic (exact) mass is 287 g/mol. The third-order valence-corrected chi connectivity index (χ3v) is 4.36. The molecule has 0 spiro atoms. The van der Waals surface area contributed by atoms with Gasteiger partial charge in [0.2, 0.25) is 0 Å². The van der Waals surface area contributed by atoms with Crippen molar-refractivity contribution in [1.82, 2.24) is 4.57 Å². The van der Waals surface area contributed by atoms with Gasteiger partial charge in [0, 0.05) is 29.4 Å². The van der Waals surface area contributed by atoms with Gasteiger partial charge in [0.05, 0.1) is 5.52 Å². The summed E-state index contributed by atoms with van der Waals surface area (Å²) in [6.45, 7) is 2.08. The molecule has 0 aliphatic heterocycles. The summed E-state index contributed by atoms with van der Waals surface area (Å²) in [7, 11) is 2.04. The molecule has 1 heterocycles. The summed E-state index contributed by atoms with van der Waals surface area (Å²) in [5, 5.41) is 12.6. The molecule has 0 aliphatic carbocycles. The third kappa shape index (κ3) is 1.81. The van der Waals surface area contributed by atoms with Crippen molar-refractivity contribution in [2.75, 3.05) is 0 Å². The Labute approximate surface area is 129 Å². The molecule has 108 valence electrons. The summed E-state index contributed by atoms with van der Waals surface area (Å²) in [4.78, 5) is 0. The van der Waals surface area contributed by atoms with E-state index in [-0.39, 0.29) is 0 Å². The van der Waals surface area contributed by atoms with E-state index in [9.17, 15) is 5.11 Å². The van der Waals surface area contributed by atoms with Crippen LogP contribution in [-0.4, -0.2) is 9.67 Å².